The monoisotopic (exact) mass is 391 g/mol. The fourth-order valence-electron chi connectivity index (χ4n) is 2.44. The molecule has 0 aliphatic rings. The third kappa shape index (κ3) is 6.82. The second-order valence-corrected chi connectivity index (χ2v) is 8.40. The Labute approximate surface area is 165 Å². The van der Waals surface area contributed by atoms with Crippen LogP contribution >= 0.6 is 11.3 Å². The average Bonchev–Trinajstić information content (AvgIpc) is 3.29. The maximum atomic E-state index is 12.8. The molecule has 2 aromatic heterocycles. The van der Waals surface area contributed by atoms with Gasteiger partial charge < -0.3 is 14.6 Å². The van der Waals surface area contributed by atoms with Crippen LogP contribution in [0.15, 0.2) is 28.2 Å². The van der Waals surface area contributed by atoms with Gasteiger partial charge in [0.1, 0.15) is 6.26 Å². The highest BCUT2D eigenvalue weighted by Crippen LogP contribution is 2.16. The van der Waals surface area contributed by atoms with Gasteiger partial charge in [-0.3, -0.25) is 9.59 Å². The third-order valence-electron chi connectivity index (χ3n) is 4.11. The van der Waals surface area contributed by atoms with Crippen LogP contribution < -0.4 is 5.32 Å². The Kier molecular flexibility index (Phi) is 8.03. The van der Waals surface area contributed by atoms with Gasteiger partial charge in [-0.15, -0.1) is 11.3 Å². The smallest absolute Gasteiger partial charge is 0.273 e. The number of nitrogens with one attached hydrogen (secondary N) is 1. The predicted molar refractivity (Wildman–Crippen MR) is 107 cm³/mol. The normalized spacial score (nSPS) is 11.2. The number of amides is 2. The van der Waals surface area contributed by atoms with E-state index >= 15 is 0 Å². The van der Waals surface area contributed by atoms with E-state index in [1.54, 1.807) is 4.90 Å². The molecule has 7 heteroatoms. The fourth-order valence-corrected chi connectivity index (χ4v) is 3.13. The van der Waals surface area contributed by atoms with Gasteiger partial charge in [0.2, 0.25) is 5.89 Å². The lowest BCUT2D eigenvalue weighted by atomic mass is 10.1. The topological polar surface area (TPSA) is 75.4 Å². The Morgan fingerprint density at radius 1 is 1.22 bits per heavy atom. The van der Waals surface area contributed by atoms with Crippen LogP contribution in [0.2, 0.25) is 0 Å². The van der Waals surface area contributed by atoms with Gasteiger partial charge in [0.25, 0.3) is 11.8 Å². The van der Waals surface area contributed by atoms with E-state index in [0.717, 1.165) is 12.8 Å². The first-order valence-electron chi connectivity index (χ1n) is 9.42. The summed E-state index contributed by atoms with van der Waals surface area (Å²) in [5.41, 5.74) is 0.251. The molecule has 0 radical (unpaired) electrons. The summed E-state index contributed by atoms with van der Waals surface area (Å²) in [4.78, 5) is 31.6. The molecule has 0 saturated carbocycles. The van der Waals surface area contributed by atoms with Crippen LogP contribution in [-0.4, -0.2) is 34.8 Å². The van der Waals surface area contributed by atoms with Crippen molar-refractivity contribution in [3.05, 3.63) is 40.2 Å². The molecule has 0 aliphatic carbocycles. The number of carbonyl (C=O) groups excluding carboxylic acids is 2. The second kappa shape index (κ2) is 10.3. The molecule has 0 atom stereocenters. The van der Waals surface area contributed by atoms with Crippen molar-refractivity contribution >= 4 is 23.2 Å². The highest BCUT2D eigenvalue weighted by atomic mass is 32.1. The lowest BCUT2D eigenvalue weighted by molar-refractivity contribution is 0.0725. The standard InChI is InChI=1S/C20H29N3O3S/c1-14(2)7-9-21-19(24)16-13-26-18(22-16)12-23(10-8-15(3)4)20(25)17-6-5-11-27-17/h5-6,11,13-15H,7-10,12H2,1-4H3,(H,21,24). The number of aromatic nitrogens is 1. The molecule has 27 heavy (non-hydrogen) atoms. The summed E-state index contributed by atoms with van der Waals surface area (Å²) in [6.07, 6.45) is 3.16. The minimum atomic E-state index is -0.246. The van der Waals surface area contributed by atoms with Crippen molar-refractivity contribution in [2.24, 2.45) is 11.8 Å². The van der Waals surface area contributed by atoms with E-state index in [-0.39, 0.29) is 24.1 Å². The van der Waals surface area contributed by atoms with Gasteiger partial charge in [-0.25, -0.2) is 4.98 Å². The zero-order valence-corrected chi connectivity index (χ0v) is 17.3. The first-order chi connectivity index (χ1) is 12.9. The van der Waals surface area contributed by atoms with Gasteiger partial charge in [0, 0.05) is 13.1 Å². The Morgan fingerprint density at radius 3 is 2.59 bits per heavy atom. The largest absolute Gasteiger partial charge is 0.446 e. The predicted octanol–water partition coefficient (Wildman–Crippen LogP) is 4.20. The zero-order valence-electron chi connectivity index (χ0n) is 16.5. The summed E-state index contributed by atoms with van der Waals surface area (Å²) in [5.74, 6) is 1.10. The van der Waals surface area contributed by atoms with Crippen LogP contribution in [0.1, 0.15) is 66.6 Å². The van der Waals surface area contributed by atoms with E-state index in [1.807, 2.05) is 17.5 Å². The second-order valence-electron chi connectivity index (χ2n) is 7.45. The molecule has 0 fully saturated rings. The van der Waals surface area contributed by atoms with Gasteiger partial charge in [-0.1, -0.05) is 33.8 Å². The highest BCUT2D eigenvalue weighted by molar-refractivity contribution is 7.12. The average molecular weight is 392 g/mol. The van der Waals surface area contributed by atoms with Crippen LogP contribution in [0.3, 0.4) is 0 Å². The highest BCUT2D eigenvalue weighted by Gasteiger charge is 2.20. The fraction of sp³-hybridized carbons (Fsp3) is 0.550. The number of thiophene rings is 1. The summed E-state index contributed by atoms with van der Waals surface area (Å²) in [5, 5.41) is 4.73. The van der Waals surface area contributed by atoms with Crippen molar-refractivity contribution in [1.29, 1.82) is 0 Å². The molecular formula is C20H29N3O3S. The molecule has 148 valence electrons. The molecule has 0 saturated heterocycles. The van der Waals surface area contributed by atoms with Crippen molar-refractivity contribution in [1.82, 2.24) is 15.2 Å². The Hall–Kier alpha value is -2.15. The van der Waals surface area contributed by atoms with Crippen LogP contribution in [-0.2, 0) is 6.54 Å². The first kappa shape index (κ1) is 21.2. The third-order valence-corrected chi connectivity index (χ3v) is 4.97. The number of rotatable bonds is 10. The Balaban J connectivity index is 2.01. The van der Waals surface area contributed by atoms with Crippen LogP contribution in [0.4, 0.5) is 0 Å². The molecule has 0 aromatic carbocycles. The van der Waals surface area contributed by atoms with Crippen molar-refractivity contribution in [3.8, 4) is 0 Å². The molecule has 0 aliphatic heterocycles. The van der Waals surface area contributed by atoms with Gasteiger partial charge in [0.15, 0.2) is 5.69 Å². The molecule has 0 unspecified atom stereocenters. The van der Waals surface area contributed by atoms with Gasteiger partial charge in [-0.2, -0.15) is 0 Å². The first-order valence-corrected chi connectivity index (χ1v) is 10.3. The van der Waals surface area contributed by atoms with Crippen LogP contribution in [0, 0.1) is 11.8 Å². The number of hydrogen-bond donors (Lipinski definition) is 1. The quantitative estimate of drug-likeness (QED) is 0.658. The lowest BCUT2D eigenvalue weighted by Crippen LogP contribution is -2.32. The Morgan fingerprint density at radius 2 is 1.96 bits per heavy atom. The zero-order chi connectivity index (χ0) is 19.8. The van der Waals surface area contributed by atoms with Crippen molar-refractivity contribution in [2.75, 3.05) is 13.1 Å². The molecule has 6 nitrogen and oxygen atoms in total. The van der Waals surface area contributed by atoms with E-state index in [9.17, 15) is 9.59 Å². The molecule has 0 spiro atoms. The molecule has 0 bridgehead atoms. The van der Waals surface area contributed by atoms with Crippen molar-refractivity contribution < 1.29 is 14.0 Å². The van der Waals surface area contributed by atoms with E-state index in [0.29, 0.717) is 35.7 Å². The molecule has 1 N–H and O–H groups in total. The van der Waals surface area contributed by atoms with Crippen LogP contribution in [0.25, 0.3) is 0 Å². The SMILES string of the molecule is CC(C)CCNC(=O)c1coc(CN(CCC(C)C)C(=O)c2cccs2)n1. The molecular weight excluding hydrogens is 362 g/mol. The van der Waals surface area contributed by atoms with Crippen molar-refractivity contribution in [3.63, 3.8) is 0 Å². The minimum absolute atomic E-state index is 0.0354. The minimum Gasteiger partial charge on any atom is -0.446 e. The number of nitrogens with zero attached hydrogens (tertiary/aromatic N) is 2. The van der Waals surface area contributed by atoms with E-state index in [4.69, 9.17) is 4.42 Å². The maximum Gasteiger partial charge on any atom is 0.273 e. The molecule has 2 amide bonds. The number of hydrogen-bond acceptors (Lipinski definition) is 5. The van der Waals surface area contributed by atoms with E-state index < -0.39 is 0 Å². The lowest BCUT2D eigenvalue weighted by Gasteiger charge is -2.21. The summed E-state index contributed by atoms with van der Waals surface area (Å²) >= 11 is 1.42. The number of carbonyl (C=O) groups is 2. The van der Waals surface area contributed by atoms with Crippen molar-refractivity contribution in [2.45, 2.75) is 47.1 Å². The Bertz CT molecular complexity index is 723. The summed E-state index contributed by atoms with van der Waals surface area (Å²) in [6.45, 7) is 9.94. The number of oxazole rings is 1. The molecule has 2 heterocycles. The molecule has 2 aromatic rings. The molecule has 2 rings (SSSR count). The summed E-state index contributed by atoms with van der Waals surface area (Å²) in [7, 11) is 0. The van der Waals surface area contributed by atoms with E-state index in [2.05, 4.69) is 38.0 Å². The van der Waals surface area contributed by atoms with Gasteiger partial charge in [0.05, 0.1) is 11.4 Å². The summed E-state index contributed by atoms with van der Waals surface area (Å²) < 4.78 is 5.46. The van der Waals surface area contributed by atoms with Gasteiger partial charge in [-0.05, 0) is 36.1 Å². The summed E-state index contributed by atoms with van der Waals surface area (Å²) in [6, 6.07) is 3.68. The maximum absolute atomic E-state index is 12.8. The van der Waals surface area contributed by atoms with E-state index in [1.165, 1.54) is 17.6 Å². The van der Waals surface area contributed by atoms with Gasteiger partial charge >= 0.3 is 0 Å². The van der Waals surface area contributed by atoms with Crippen LogP contribution in [0.5, 0.6) is 0 Å².